The van der Waals surface area contributed by atoms with Gasteiger partial charge in [0.05, 0.1) is 18.0 Å². The number of dihydropyridines is 1. The quantitative estimate of drug-likeness (QED) is 0.604. The third kappa shape index (κ3) is 6.06. The molecule has 11 heteroatoms. The van der Waals surface area contributed by atoms with Gasteiger partial charge in [0.2, 0.25) is 0 Å². The van der Waals surface area contributed by atoms with Gasteiger partial charge in [0.1, 0.15) is 17.4 Å². The first-order valence-corrected chi connectivity index (χ1v) is 9.10. The summed E-state index contributed by atoms with van der Waals surface area (Å²) < 4.78 is 56.3. The molecule has 7 nitrogen and oxygen atoms in total. The Hall–Kier alpha value is -2.88. The van der Waals surface area contributed by atoms with Crippen molar-refractivity contribution in [1.82, 2.24) is 5.32 Å². The first kappa shape index (κ1) is 23.4. The standard InChI is InChI=1S/C19H19ClF3NO6/c1-4-27-17(25)29-15-10(2)24-11(3)16(30-18(26)28-9-19(21,22)23)14(15)12-7-5-6-8-13(12)20/h5-8,14,24H,4,9H2,1-3H3. The second kappa shape index (κ2) is 9.75. The van der Waals surface area contributed by atoms with E-state index in [-0.39, 0.29) is 28.8 Å². The molecule has 1 aliphatic rings. The number of nitrogens with one attached hydrogen (secondary N) is 1. The number of hydrogen-bond acceptors (Lipinski definition) is 7. The average Bonchev–Trinajstić information content (AvgIpc) is 2.64. The molecule has 1 atom stereocenters. The summed E-state index contributed by atoms with van der Waals surface area (Å²) in [5, 5.41) is 3.10. The Balaban J connectivity index is 2.42. The summed E-state index contributed by atoms with van der Waals surface area (Å²) in [6, 6.07) is 6.46. The molecule has 0 spiro atoms. The summed E-state index contributed by atoms with van der Waals surface area (Å²) in [6.45, 7) is 2.95. The topological polar surface area (TPSA) is 83.1 Å². The third-order valence-corrected chi connectivity index (χ3v) is 4.20. The van der Waals surface area contributed by atoms with Crippen LogP contribution in [0.3, 0.4) is 0 Å². The highest BCUT2D eigenvalue weighted by Gasteiger charge is 2.37. The second-order valence-corrected chi connectivity index (χ2v) is 6.51. The fourth-order valence-corrected chi connectivity index (χ4v) is 2.96. The van der Waals surface area contributed by atoms with Gasteiger partial charge in [-0.25, -0.2) is 9.59 Å². The minimum atomic E-state index is -4.72. The maximum atomic E-state index is 12.3. The van der Waals surface area contributed by atoms with Crippen molar-refractivity contribution in [3.8, 4) is 0 Å². The van der Waals surface area contributed by atoms with E-state index in [0.29, 0.717) is 11.3 Å². The van der Waals surface area contributed by atoms with Crippen molar-refractivity contribution in [2.24, 2.45) is 0 Å². The Morgan fingerprint density at radius 1 is 1.03 bits per heavy atom. The Labute approximate surface area is 175 Å². The van der Waals surface area contributed by atoms with E-state index < -0.39 is 31.0 Å². The van der Waals surface area contributed by atoms with Crippen molar-refractivity contribution in [3.05, 3.63) is 57.8 Å². The first-order chi connectivity index (χ1) is 14.0. The molecule has 0 fully saturated rings. The number of hydrogen-bond donors (Lipinski definition) is 1. The summed E-state index contributed by atoms with van der Waals surface area (Å²) >= 11 is 6.28. The fraction of sp³-hybridized carbons (Fsp3) is 0.368. The molecule has 0 radical (unpaired) electrons. The van der Waals surface area contributed by atoms with Gasteiger partial charge in [-0.05, 0) is 32.4 Å². The highest BCUT2D eigenvalue weighted by Crippen LogP contribution is 2.42. The monoisotopic (exact) mass is 449 g/mol. The van der Waals surface area contributed by atoms with Crippen LogP contribution in [-0.2, 0) is 18.9 Å². The predicted octanol–water partition coefficient (Wildman–Crippen LogP) is 5.38. The summed E-state index contributed by atoms with van der Waals surface area (Å²) in [6.07, 6.45) is -7.30. The maximum Gasteiger partial charge on any atom is 0.513 e. The number of carbonyl (C=O) groups excluding carboxylic acids is 2. The molecule has 0 saturated carbocycles. The lowest BCUT2D eigenvalue weighted by Crippen LogP contribution is -2.30. The van der Waals surface area contributed by atoms with Gasteiger partial charge in [0, 0.05) is 5.02 Å². The highest BCUT2D eigenvalue weighted by molar-refractivity contribution is 6.31. The first-order valence-electron chi connectivity index (χ1n) is 8.72. The SMILES string of the molecule is CCOC(=O)OC1=C(C)NC(C)=C(OC(=O)OCC(F)(F)F)C1c1ccccc1Cl. The molecule has 1 aliphatic heterocycles. The van der Waals surface area contributed by atoms with E-state index in [0.717, 1.165) is 0 Å². The van der Waals surface area contributed by atoms with Crippen LogP contribution in [0.1, 0.15) is 32.3 Å². The van der Waals surface area contributed by atoms with E-state index in [1.807, 2.05) is 0 Å². The van der Waals surface area contributed by atoms with E-state index in [9.17, 15) is 22.8 Å². The van der Waals surface area contributed by atoms with Crippen molar-refractivity contribution in [3.63, 3.8) is 0 Å². The lowest BCUT2D eigenvalue weighted by Gasteiger charge is -2.30. The van der Waals surface area contributed by atoms with E-state index >= 15 is 0 Å². The predicted molar refractivity (Wildman–Crippen MR) is 99.3 cm³/mol. The van der Waals surface area contributed by atoms with Crippen molar-refractivity contribution in [1.29, 1.82) is 0 Å². The molecule has 0 aromatic heterocycles. The Kier molecular flexibility index (Phi) is 7.60. The smallest absolute Gasteiger partial charge is 0.434 e. The molecule has 164 valence electrons. The number of benzene rings is 1. The van der Waals surface area contributed by atoms with Gasteiger partial charge >= 0.3 is 18.5 Å². The van der Waals surface area contributed by atoms with Gasteiger partial charge in [-0.3, -0.25) is 0 Å². The molecule has 1 heterocycles. The van der Waals surface area contributed by atoms with Gasteiger partial charge in [-0.1, -0.05) is 29.8 Å². The normalized spacial score (nSPS) is 16.7. The van der Waals surface area contributed by atoms with Crippen LogP contribution in [0.25, 0.3) is 0 Å². The van der Waals surface area contributed by atoms with Crippen LogP contribution >= 0.6 is 11.6 Å². The van der Waals surface area contributed by atoms with Gasteiger partial charge in [-0.15, -0.1) is 0 Å². The Bertz CT molecular complexity index is 881. The zero-order valence-corrected chi connectivity index (χ0v) is 17.0. The third-order valence-electron chi connectivity index (χ3n) is 3.86. The van der Waals surface area contributed by atoms with Crippen molar-refractivity contribution in [2.45, 2.75) is 32.9 Å². The second-order valence-electron chi connectivity index (χ2n) is 6.10. The van der Waals surface area contributed by atoms with Crippen LogP contribution in [-0.4, -0.2) is 31.7 Å². The summed E-state index contributed by atoms with van der Waals surface area (Å²) in [4.78, 5) is 23.8. The lowest BCUT2D eigenvalue weighted by molar-refractivity contribution is -0.164. The van der Waals surface area contributed by atoms with Gasteiger partial charge in [0.25, 0.3) is 0 Å². The summed E-state index contributed by atoms with van der Waals surface area (Å²) in [7, 11) is 0. The van der Waals surface area contributed by atoms with Crippen molar-refractivity contribution in [2.75, 3.05) is 13.2 Å². The molecule has 1 aromatic rings. The van der Waals surface area contributed by atoms with Crippen LogP contribution in [0.5, 0.6) is 0 Å². The average molecular weight is 450 g/mol. The van der Waals surface area contributed by atoms with Crippen LogP contribution in [0.4, 0.5) is 22.8 Å². The largest absolute Gasteiger partial charge is 0.513 e. The van der Waals surface area contributed by atoms with Crippen LogP contribution in [0, 0.1) is 0 Å². The molecule has 0 amide bonds. The molecule has 30 heavy (non-hydrogen) atoms. The zero-order chi connectivity index (χ0) is 22.5. The molecular weight excluding hydrogens is 431 g/mol. The van der Waals surface area contributed by atoms with E-state index in [2.05, 4.69) is 10.1 Å². The van der Waals surface area contributed by atoms with Crippen LogP contribution < -0.4 is 5.32 Å². The van der Waals surface area contributed by atoms with E-state index in [1.165, 1.54) is 6.92 Å². The lowest BCUT2D eigenvalue weighted by atomic mass is 9.90. The van der Waals surface area contributed by atoms with E-state index in [1.54, 1.807) is 38.1 Å². The van der Waals surface area contributed by atoms with Crippen molar-refractivity contribution < 1.29 is 41.7 Å². The van der Waals surface area contributed by atoms with Gasteiger partial charge in [-0.2, -0.15) is 13.2 Å². The number of ether oxygens (including phenoxy) is 4. The minimum absolute atomic E-state index is 0.00534. The molecule has 2 rings (SSSR count). The molecule has 0 bridgehead atoms. The van der Waals surface area contributed by atoms with Crippen LogP contribution in [0.2, 0.25) is 5.02 Å². The Morgan fingerprint density at radius 3 is 2.07 bits per heavy atom. The Morgan fingerprint density at radius 2 is 1.57 bits per heavy atom. The fourth-order valence-electron chi connectivity index (χ4n) is 2.72. The summed E-state index contributed by atoms with van der Waals surface area (Å²) in [5.41, 5.74) is 1.07. The number of allylic oxidation sites excluding steroid dienone is 2. The molecule has 0 aliphatic carbocycles. The highest BCUT2D eigenvalue weighted by atomic mass is 35.5. The van der Waals surface area contributed by atoms with Crippen LogP contribution in [0.15, 0.2) is 47.2 Å². The maximum absolute atomic E-state index is 12.3. The molecular formula is C19H19ClF3NO6. The molecule has 1 N–H and O–H groups in total. The molecule has 0 saturated heterocycles. The minimum Gasteiger partial charge on any atom is -0.434 e. The van der Waals surface area contributed by atoms with Crippen molar-refractivity contribution >= 4 is 23.9 Å². The summed E-state index contributed by atoms with van der Waals surface area (Å²) in [5.74, 6) is -1.16. The zero-order valence-electron chi connectivity index (χ0n) is 16.3. The molecule has 1 aromatic carbocycles. The van der Waals surface area contributed by atoms with E-state index in [4.69, 9.17) is 25.8 Å². The number of halogens is 4. The molecule has 1 unspecified atom stereocenters. The number of carbonyl (C=O) groups is 2. The van der Waals surface area contributed by atoms with Gasteiger partial charge < -0.3 is 24.3 Å². The number of alkyl halides is 3. The van der Waals surface area contributed by atoms with Gasteiger partial charge in [0.15, 0.2) is 6.61 Å². The number of rotatable bonds is 5.